The highest BCUT2D eigenvalue weighted by Crippen LogP contribution is 2.23. The number of thioether (sulfide) groups is 1. The highest BCUT2D eigenvalue weighted by molar-refractivity contribution is 7.99. The molecule has 1 fully saturated rings. The third kappa shape index (κ3) is 2.81. The second-order valence-corrected chi connectivity index (χ2v) is 6.33. The average Bonchev–Trinajstić information content (AvgIpc) is 2.61. The zero-order chi connectivity index (χ0) is 12.4. The Labute approximate surface area is 109 Å². The van der Waals surface area contributed by atoms with Gasteiger partial charge in [0, 0.05) is 35.0 Å². The first-order valence-corrected chi connectivity index (χ1v) is 7.48. The molecule has 1 aliphatic rings. The lowest BCUT2D eigenvalue weighted by atomic mass is 10.1. The lowest BCUT2D eigenvalue weighted by molar-refractivity contribution is -0.142. The largest absolute Gasteiger partial charge is 0.480 e. The topological polar surface area (TPSA) is 53.4 Å². The third-order valence-electron chi connectivity index (χ3n) is 3.07. The fourth-order valence-electron chi connectivity index (χ4n) is 1.99. The molecule has 1 unspecified atom stereocenters. The molecule has 0 amide bonds. The van der Waals surface area contributed by atoms with Gasteiger partial charge in [-0.05, 0) is 25.4 Å². The van der Waals surface area contributed by atoms with Crippen LogP contribution in [0.4, 0.5) is 0 Å². The normalized spacial score (nSPS) is 21.6. The van der Waals surface area contributed by atoms with E-state index in [4.69, 9.17) is 0 Å². The molecular weight excluding hydrogens is 256 g/mol. The summed E-state index contributed by atoms with van der Waals surface area (Å²) in [5.74, 6) is 0.987. The number of aliphatic carboxylic acids is 1. The standard InChI is InChI=1S/C11H16N2O2S2/c1-7-9(8(2)17-12-7)5-13-3-4-16-6-10(13)11(14)15/h10H,3-6H2,1-2H3,(H,14,15). The predicted octanol–water partition coefficient (Wildman–Crippen LogP) is 1.76. The second-order valence-electron chi connectivity index (χ2n) is 4.20. The first kappa shape index (κ1) is 12.9. The monoisotopic (exact) mass is 272 g/mol. The number of carbonyl (C=O) groups is 1. The van der Waals surface area contributed by atoms with Crippen molar-refractivity contribution in [3.63, 3.8) is 0 Å². The van der Waals surface area contributed by atoms with Crippen LogP contribution in [0.5, 0.6) is 0 Å². The predicted molar refractivity (Wildman–Crippen MR) is 70.7 cm³/mol. The van der Waals surface area contributed by atoms with E-state index in [1.165, 1.54) is 22.0 Å². The molecule has 2 heterocycles. The van der Waals surface area contributed by atoms with Crippen LogP contribution in [0.25, 0.3) is 0 Å². The fraction of sp³-hybridized carbons (Fsp3) is 0.636. The molecule has 2 rings (SSSR count). The lowest BCUT2D eigenvalue weighted by Gasteiger charge is -2.32. The molecule has 1 aromatic heterocycles. The van der Waals surface area contributed by atoms with Crippen LogP contribution in [0.15, 0.2) is 0 Å². The summed E-state index contributed by atoms with van der Waals surface area (Å²) in [6.07, 6.45) is 0. The summed E-state index contributed by atoms with van der Waals surface area (Å²) in [6.45, 7) is 5.60. The maximum absolute atomic E-state index is 11.2. The van der Waals surface area contributed by atoms with Crippen LogP contribution < -0.4 is 0 Å². The van der Waals surface area contributed by atoms with Gasteiger partial charge in [-0.25, -0.2) is 0 Å². The number of nitrogens with zero attached hydrogens (tertiary/aromatic N) is 2. The molecule has 1 atom stereocenters. The number of carboxylic acids is 1. The highest BCUT2D eigenvalue weighted by atomic mass is 32.2. The number of hydrogen-bond acceptors (Lipinski definition) is 5. The molecule has 6 heteroatoms. The van der Waals surface area contributed by atoms with E-state index in [-0.39, 0.29) is 6.04 Å². The van der Waals surface area contributed by atoms with E-state index >= 15 is 0 Å². The number of aromatic nitrogens is 1. The van der Waals surface area contributed by atoms with Crippen molar-refractivity contribution < 1.29 is 9.90 Å². The number of rotatable bonds is 3. The van der Waals surface area contributed by atoms with E-state index in [2.05, 4.69) is 16.2 Å². The molecule has 1 saturated heterocycles. The summed E-state index contributed by atoms with van der Waals surface area (Å²) < 4.78 is 4.31. The lowest BCUT2D eigenvalue weighted by Crippen LogP contribution is -2.46. The van der Waals surface area contributed by atoms with Crippen LogP contribution in [0, 0.1) is 13.8 Å². The van der Waals surface area contributed by atoms with Gasteiger partial charge in [0.25, 0.3) is 0 Å². The van der Waals surface area contributed by atoms with Gasteiger partial charge in [0.05, 0.1) is 5.69 Å². The van der Waals surface area contributed by atoms with E-state index < -0.39 is 5.97 Å². The smallest absolute Gasteiger partial charge is 0.321 e. The molecule has 0 aliphatic carbocycles. The number of hydrogen-bond donors (Lipinski definition) is 1. The SMILES string of the molecule is Cc1nsc(C)c1CN1CCSCC1C(=O)O. The summed E-state index contributed by atoms with van der Waals surface area (Å²) in [7, 11) is 0. The van der Waals surface area contributed by atoms with Crippen molar-refractivity contribution in [1.82, 2.24) is 9.27 Å². The van der Waals surface area contributed by atoms with E-state index in [1.807, 2.05) is 6.92 Å². The molecule has 0 aromatic carbocycles. The minimum atomic E-state index is -0.712. The zero-order valence-electron chi connectivity index (χ0n) is 9.97. The van der Waals surface area contributed by atoms with Crippen molar-refractivity contribution in [3.8, 4) is 0 Å². The molecule has 1 aromatic rings. The Morgan fingerprint density at radius 2 is 2.35 bits per heavy atom. The minimum Gasteiger partial charge on any atom is -0.480 e. The molecule has 0 spiro atoms. The highest BCUT2D eigenvalue weighted by Gasteiger charge is 2.29. The molecule has 0 saturated carbocycles. The first-order valence-electron chi connectivity index (χ1n) is 5.56. The molecule has 1 aliphatic heterocycles. The summed E-state index contributed by atoms with van der Waals surface area (Å²) in [5, 5.41) is 9.21. The van der Waals surface area contributed by atoms with Crippen molar-refractivity contribution in [3.05, 3.63) is 16.1 Å². The van der Waals surface area contributed by atoms with Gasteiger partial charge < -0.3 is 5.11 Å². The van der Waals surface area contributed by atoms with Gasteiger partial charge in [-0.15, -0.1) is 0 Å². The van der Waals surface area contributed by atoms with Crippen LogP contribution in [0.2, 0.25) is 0 Å². The van der Waals surface area contributed by atoms with Crippen LogP contribution in [0.1, 0.15) is 16.1 Å². The quantitative estimate of drug-likeness (QED) is 0.908. The van der Waals surface area contributed by atoms with Crippen molar-refractivity contribution in [2.45, 2.75) is 26.4 Å². The molecule has 4 nitrogen and oxygen atoms in total. The van der Waals surface area contributed by atoms with Gasteiger partial charge >= 0.3 is 5.97 Å². The van der Waals surface area contributed by atoms with Gasteiger partial charge in [0.15, 0.2) is 0 Å². The number of aryl methyl sites for hydroxylation is 2. The van der Waals surface area contributed by atoms with E-state index in [9.17, 15) is 9.90 Å². The van der Waals surface area contributed by atoms with Crippen molar-refractivity contribution >= 4 is 29.3 Å². The Hall–Kier alpha value is -0.590. The Bertz CT molecular complexity index is 400. The van der Waals surface area contributed by atoms with Crippen LogP contribution >= 0.6 is 23.3 Å². The third-order valence-corrected chi connectivity index (χ3v) is 4.97. The van der Waals surface area contributed by atoms with E-state index in [0.717, 1.165) is 18.0 Å². The minimum absolute atomic E-state index is 0.354. The van der Waals surface area contributed by atoms with Crippen LogP contribution in [-0.4, -0.2) is 44.4 Å². The molecular formula is C11H16N2O2S2. The van der Waals surface area contributed by atoms with Gasteiger partial charge in [-0.1, -0.05) is 0 Å². The van der Waals surface area contributed by atoms with Crippen molar-refractivity contribution in [2.75, 3.05) is 18.1 Å². The molecule has 1 N–H and O–H groups in total. The van der Waals surface area contributed by atoms with E-state index in [1.54, 1.807) is 11.8 Å². The summed E-state index contributed by atoms with van der Waals surface area (Å²) in [5.41, 5.74) is 2.24. The van der Waals surface area contributed by atoms with Gasteiger partial charge in [0.1, 0.15) is 6.04 Å². The maximum atomic E-state index is 11.2. The Morgan fingerprint density at radius 3 is 2.94 bits per heavy atom. The average molecular weight is 272 g/mol. The number of carboxylic acid groups (broad SMARTS) is 1. The van der Waals surface area contributed by atoms with Gasteiger partial charge in [-0.3, -0.25) is 9.69 Å². The second kappa shape index (κ2) is 5.37. The Balaban J connectivity index is 2.13. The van der Waals surface area contributed by atoms with Crippen molar-refractivity contribution in [1.29, 1.82) is 0 Å². The molecule has 0 radical (unpaired) electrons. The summed E-state index contributed by atoms with van der Waals surface area (Å²) >= 11 is 3.22. The van der Waals surface area contributed by atoms with Gasteiger partial charge in [-0.2, -0.15) is 16.1 Å². The zero-order valence-corrected chi connectivity index (χ0v) is 11.6. The van der Waals surface area contributed by atoms with Crippen LogP contribution in [-0.2, 0) is 11.3 Å². The maximum Gasteiger partial charge on any atom is 0.321 e. The first-order chi connectivity index (χ1) is 8.09. The van der Waals surface area contributed by atoms with Crippen molar-refractivity contribution in [2.24, 2.45) is 0 Å². The molecule has 17 heavy (non-hydrogen) atoms. The fourth-order valence-corrected chi connectivity index (χ4v) is 3.80. The molecule has 0 bridgehead atoms. The summed E-state index contributed by atoms with van der Waals surface area (Å²) in [4.78, 5) is 14.5. The van der Waals surface area contributed by atoms with Crippen LogP contribution in [0.3, 0.4) is 0 Å². The Kier molecular flexibility index (Phi) is 4.06. The van der Waals surface area contributed by atoms with E-state index in [0.29, 0.717) is 12.3 Å². The van der Waals surface area contributed by atoms with Gasteiger partial charge in [0.2, 0.25) is 0 Å². The Morgan fingerprint density at radius 1 is 1.59 bits per heavy atom. The molecule has 94 valence electrons. The summed E-state index contributed by atoms with van der Waals surface area (Å²) in [6, 6.07) is -0.354.